The van der Waals surface area contributed by atoms with Crippen LogP contribution in [0.1, 0.15) is 16.1 Å². The van der Waals surface area contributed by atoms with Crippen molar-refractivity contribution in [3.8, 4) is 11.3 Å². The first-order valence-electron chi connectivity index (χ1n) is 5.29. The molecule has 100 valence electrons. The fraction of sp³-hybridized carbons (Fsp3) is 0.167. The molecule has 0 aliphatic heterocycles. The van der Waals surface area contributed by atoms with Crippen LogP contribution in [-0.2, 0) is 11.3 Å². The van der Waals surface area contributed by atoms with Crippen LogP contribution < -0.4 is 0 Å². The fourth-order valence-corrected chi connectivity index (χ4v) is 1.61. The number of carbonyl (C=O) groups is 1. The highest BCUT2D eigenvalue weighted by Gasteiger charge is 2.15. The average molecular weight is 268 g/mol. The number of benzene rings is 1. The van der Waals surface area contributed by atoms with Gasteiger partial charge in [-0.15, -0.1) is 0 Å². The predicted octanol–water partition coefficient (Wildman–Crippen LogP) is 2.20. The Morgan fingerprint density at radius 1 is 1.37 bits per heavy atom. The van der Waals surface area contributed by atoms with Gasteiger partial charge >= 0.3 is 5.97 Å². The summed E-state index contributed by atoms with van der Waals surface area (Å²) in [6.07, 6.45) is 0. The molecular formula is C12H10F2N2O3. The van der Waals surface area contributed by atoms with Crippen molar-refractivity contribution in [1.82, 2.24) is 10.2 Å². The van der Waals surface area contributed by atoms with Crippen LogP contribution in [0.3, 0.4) is 0 Å². The van der Waals surface area contributed by atoms with E-state index in [9.17, 15) is 13.6 Å². The first-order valence-corrected chi connectivity index (χ1v) is 5.29. The Morgan fingerprint density at radius 2 is 2.00 bits per heavy atom. The van der Waals surface area contributed by atoms with E-state index in [-0.39, 0.29) is 29.1 Å². The standard InChI is InChI=1S/C12H10F2N2O3/c1-19-5-7-8(13)2-6(3-9(7)14)10-4-11(12(17)18)16-15-10/h2-4H,5H2,1H3,(H,15,16)(H,17,18). The maximum absolute atomic E-state index is 13.7. The second-order valence-electron chi connectivity index (χ2n) is 3.82. The zero-order chi connectivity index (χ0) is 14.0. The molecule has 0 fully saturated rings. The molecule has 5 nitrogen and oxygen atoms in total. The molecular weight excluding hydrogens is 258 g/mol. The van der Waals surface area contributed by atoms with Gasteiger partial charge in [-0.2, -0.15) is 5.10 Å². The van der Waals surface area contributed by atoms with E-state index in [1.165, 1.54) is 13.2 Å². The number of ether oxygens (including phenoxy) is 1. The minimum Gasteiger partial charge on any atom is -0.477 e. The van der Waals surface area contributed by atoms with E-state index in [0.29, 0.717) is 0 Å². The van der Waals surface area contributed by atoms with Gasteiger partial charge in [0.2, 0.25) is 0 Å². The van der Waals surface area contributed by atoms with Crippen LogP contribution in [0, 0.1) is 11.6 Å². The molecule has 0 radical (unpaired) electrons. The van der Waals surface area contributed by atoms with Crippen molar-refractivity contribution in [2.24, 2.45) is 0 Å². The molecule has 1 aromatic carbocycles. The summed E-state index contributed by atoms with van der Waals surface area (Å²) in [5, 5.41) is 14.7. The van der Waals surface area contributed by atoms with Gasteiger partial charge in [0.15, 0.2) is 0 Å². The number of aromatic carboxylic acids is 1. The van der Waals surface area contributed by atoms with Gasteiger partial charge in [0.1, 0.15) is 17.3 Å². The molecule has 2 rings (SSSR count). The van der Waals surface area contributed by atoms with Crippen molar-refractivity contribution in [3.63, 3.8) is 0 Å². The molecule has 0 saturated heterocycles. The molecule has 0 amide bonds. The maximum atomic E-state index is 13.7. The molecule has 0 unspecified atom stereocenters. The summed E-state index contributed by atoms with van der Waals surface area (Å²) in [7, 11) is 1.33. The predicted molar refractivity (Wildman–Crippen MR) is 61.6 cm³/mol. The Labute approximate surface area is 106 Å². The molecule has 0 atom stereocenters. The lowest BCUT2D eigenvalue weighted by Gasteiger charge is -2.05. The third-order valence-corrected chi connectivity index (χ3v) is 2.53. The molecule has 7 heteroatoms. The topological polar surface area (TPSA) is 75.2 Å². The van der Waals surface area contributed by atoms with Gasteiger partial charge in [-0.25, -0.2) is 13.6 Å². The van der Waals surface area contributed by atoms with Crippen molar-refractivity contribution in [2.45, 2.75) is 6.61 Å². The number of aromatic nitrogens is 2. The number of hydrogen-bond acceptors (Lipinski definition) is 3. The largest absolute Gasteiger partial charge is 0.477 e. The molecule has 0 aliphatic carbocycles. The molecule has 2 N–H and O–H groups in total. The van der Waals surface area contributed by atoms with Crippen molar-refractivity contribution < 1.29 is 23.4 Å². The minimum atomic E-state index is -1.20. The second kappa shape index (κ2) is 5.15. The zero-order valence-electron chi connectivity index (χ0n) is 9.91. The molecule has 0 aliphatic rings. The summed E-state index contributed by atoms with van der Waals surface area (Å²) in [5.74, 6) is -2.73. The maximum Gasteiger partial charge on any atom is 0.353 e. The molecule has 1 heterocycles. The Kier molecular flexibility index (Phi) is 3.57. The number of nitrogens with zero attached hydrogens (tertiary/aromatic N) is 1. The van der Waals surface area contributed by atoms with Crippen LogP contribution in [0.4, 0.5) is 8.78 Å². The van der Waals surface area contributed by atoms with E-state index < -0.39 is 17.6 Å². The van der Waals surface area contributed by atoms with E-state index in [0.717, 1.165) is 12.1 Å². The van der Waals surface area contributed by atoms with E-state index in [2.05, 4.69) is 10.2 Å². The molecule has 1 aromatic heterocycles. The van der Waals surface area contributed by atoms with Gasteiger partial charge in [0, 0.05) is 18.2 Å². The highest BCUT2D eigenvalue weighted by atomic mass is 19.1. The van der Waals surface area contributed by atoms with Gasteiger partial charge in [-0.1, -0.05) is 0 Å². The molecule has 19 heavy (non-hydrogen) atoms. The highest BCUT2D eigenvalue weighted by Crippen LogP contribution is 2.24. The number of hydrogen-bond donors (Lipinski definition) is 2. The lowest BCUT2D eigenvalue weighted by atomic mass is 10.1. The third kappa shape index (κ3) is 2.60. The van der Waals surface area contributed by atoms with Gasteiger partial charge in [-0.05, 0) is 18.2 Å². The minimum absolute atomic E-state index is 0.151. The number of carboxylic acids is 1. The summed E-state index contributed by atoms with van der Waals surface area (Å²) in [5.41, 5.74) is -0.0326. The van der Waals surface area contributed by atoms with Gasteiger partial charge in [0.05, 0.1) is 12.3 Å². The first kappa shape index (κ1) is 13.2. The van der Waals surface area contributed by atoms with E-state index in [4.69, 9.17) is 9.84 Å². The lowest BCUT2D eigenvalue weighted by Crippen LogP contribution is -1.98. The molecule has 2 aromatic rings. The number of H-pyrrole nitrogens is 1. The molecule has 0 saturated carbocycles. The first-order chi connectivity index (χ1) is 9.02. The highest BCUT2D eigenvalue weighted by molar-refractivity contribution is 5.86. The van der Waals surface area contributed by atoms with Gasteiger partial charge in [0.25, 0.3) is 0 Å². The smallest absolute Gasteiger partial charge is 0.353 e. The number of aromatic amines is 1. The van der Waals surface area contributed by atoms with Gasteiger partial charge < -0.3 is 9.84 Å². The third-order valence-electron chi connectivity index (χ3n) is 2.53. The Morgan fingerprint density at radius 3 is 2.47 bits per heavy atom. The number of halogens is 2. The van der Waals surface area contributed by atoms with Crippen LogP contribution in [0.2, 0.25) is 0 Å². The van der Waals surface area contributed by atoms with Crippen LogP contribution >= 0.6 is 0 Å². The summed E-state index contributed by atoms with van der Waals surface area (Å²) in [6.45, 7) is -0.182. The Bertz CT molecular complexity index is 602. The van der Waals surface area contributed by atoms with Crippen LogP contribution in [0.25, 0.3) is 11.3 Å². The zero-order valence-corrected chi connectivity index (χ0v) is 9.91. The quantitative estimate of drug-likeness (QED) is 0.891. The van der Waals surface area contributed by atoms with E-state index in [1.807, 2.05) is 0 Å². The number of rotatable bonds is 4. The summed E-state index contributed by atoms with van der Waals surface area (Å²) >= 11 is 0. The fourth-order valence-electron chi connectivity index (χ4n) is 1.61. The summed E-state index contributed by atoms with van der Waals surface area (Å²) in [6, 6.07) is 3.37. The summed E-state index contributed by atoms with van der Waals surface area (Å²) in [4.78, 5) is 10.7. The Balaban J connectivity index is 2.42. The average Bonchev–Trinajstić information content (AvgIpc) is 2.83. The van der Waals surface area contributed by atoms with E-state index >= 15 is 0 Å². The number of carboxylic acid groups (broad SMARTS) is 1. The molecule has 0 bridgehead atoms. The normalized spacial score (nSPS) is 10.7. The summed E-state index contributed by atoms with van der Waals surface area (Å²) < 4.78 is 32.0. The van der Waals surface area contributed by atoms with Crippen LogP contribution in [0.15, 0.2) is 18.2 Å². The van der Waals surface area contributed by atoms with Crippen molar-refractivity contribution in [3.05, 3.63) is 41.1 Å². The van der Waals surface area contributed by atoms with Gasteiger partial charge in [-0.3, -0.25) is 5.10 Å². The number of nitrogens with one attached hydrogen (secondary N) is 1. The van der Waals surface area contributed by atoms with Crippen molar-refractivity contribution >= 4 is 5.97 Å². The van der Waals surface area contributed by atoms with Crippen molar-refractivity contribution in [1.29, 1.82) is 0 Å². The van der Waals surface area contributed by atoms with Crippen LogP contribution in [-0.4, -0.2) is 28.4 Å². The number of methoxy groups -OCH3 is 1. The second-order valence-corrected chi connectivity index (χ2v) is 3.82. The monoisotopic (exact) mass is 268 g/mol. The van der Waals surface area contributed by atoms with Crippen molar-refractivity contribution in [2.75, 3.05) is 7.11 Å². The lowest BCUT2D eigenvalue weighted by molar-refractivity contribution is 0.0690. The SMILES string of the molecule is COCc1c(F)cc(-c2cc(C(=O)O)[nH]n2)cc1F. The molecule has 0 spiro atoms. The van der Waals surface area contributed by atoms with Crippen LogP contribution in [0.5, 0.6) is 0 Å². The Hall–Kier alpha value is -2.28. The van der Waals surface area contributed by atoms with E-state index in [1.54, 1.807) is 0 Å².